The highest BCUT2D eigenvalue weighted by Crippen LogP contribution is 2.43. The minimum absolute atomic E-state index is 0.00724. The van der Waals surface area contributed by atoms with Crippen LogP contribution in [0.4, 0.5) is 10.2 Å². The molecule has 1 aliphatic carbocycles. The van der Waals surface area contributed by atoms with E-state index in [-0.39, 0.29) is 46.9 Å². The number of ether oxygens (including phenoxy) is 1. The van der Waals surface area contributed by atoms with Crippen molar-refractivity contribution in [3.8, 4) is 0 Å². The number of fused-ring (bicyclic) bond motifs is 1. The van der Waals surface area contributed by atoms with Crippen molar-refractivity contribution in [2.24, 2.45) is 5.92 Å². The van der Waals surface area contributed by atoms with Crippen LogP contribution in [0.15, 0.2) is 18.5 Å². The van der Waals surface area contributed by atoms with E-state index in [0.29, 0.717) is 34.4 Å². The monoisotopic (exact) mass is 556 g/mol. The zero-order valence-corrected chi connectivity index (χ0v) is 23.1. The van der Waals surface area contributed by atoms with Gasteiger partial charge in [0.2, 0.25) is 0 Å². The highest BCUT2D eigenvalue weighted by molar-refractivity contribution is 6.36. The summed E-state index contributed by atoms with van der Waals surface area (Å²) in [6.45, 7) is 7.33. The quantitative estimate of drug-likeness (QED) is 0.444. The van der Waals surface area contributed by atoms with Crippen LogP contribution >= 0.6 is 34.8 Å². The molecular formula is C25H32Cl3FN6O. The predicted molar refractivity (Wildman–Crippen MR) is 141 cm³/mol. The van der Waals surface area contributed by atoms with Gasteiger partial charge >= 0.3 is 0 Å². The van der Waals surface area contributed by atoms with E-state index in [1.165, 1.54) is 0 Å². The number of aryl methyl sites for hydroxylation is 1. The van der Waals surface area contributed by atoms with Crippen LogP contribution in [0.3, 0.4) is 0 Å². The first-order valence-electron chi connectivity index (χ1n) is 12.3. The number of rotatable bonds is 6. The number of hydrazine groups is 1. The lowest BCUT2D eigenvalue weighted by Gasteiger charge is -2.48. The first kappa shape index (κ1) is 26.4. The van der Waals surface area contributed by atoms with Crippen LogP contribution in [0, 0.1) is 18.7 Å². The van der Waals surface area contributed by atoms with Crippen LogP contribution in [-0.2, 0) is 4.74 Å². The van der Waals surface area contributed by atoms with Crippen molar-refractivity contribution in [2.45, 2.75) is 68.8 Å². The van der Waals surface area contributed by atoms with E-state index >= 15 is 4.39 Å². The van der Waals surface area contributed by atoms with Crippen molar-refractivity contribution in [1.29, 1.82) is 0 Å². The molecule has 196 valence electrons. The molecule has 5 unspecified atom stereocenters. The van der Waals surface area contributed by atoms with Gasteiger partial charge in [0.15, 0.2) is 11.6 Å². The third kappa shape index (κ3) is 4.82. The number of aromatic nitrogens is 2. The summed E-state index contributed by atoms with van der Waals surface area (Å²) < 4.78 is 21.6. The summed E-state index contributed by atoms with van der Waals surface area (Å²) in [5.74, 6) is 0.251. The Morgan fingerprint density at radius 3 is 2.67 bits per heavy atom. The Bertz CT molecular complexity index is 1130. The first-order chi connectivity index (χ1) is 17.1. The minimum atomic E-state index is -0.353. The minimum Gasteiger partial charge on any atom is -0.369 e. The molecule has 3 fully saturated rings. The van der Waals surface area contributed by atoms with Gasteiger partial charge in [-0.1, -0.05) is 23.2 Å². The molecule has 2 aliphatic heterocycles. The van der Waals surface area contributed by atoms with Gasteiger partial charge in [0.25, 0.3) is 0 Å². The van der Waals surface area contributed by atoms with Gasteiger partial charge in [-0.05, 0) is 58.2 Å². The van der Waals surface area contributed by atoms with E-state index in [1.807, 2.05) is 25.8 Å². The number of hydrogen-bond donors (Lipinski definition) is 3. The summed E-state index contributed by atoms with van der Waals surface area (Å²) in [6, 6.07) is 1.65. The van der Waals surface area contributed by atoms with Crippen LogP contribution in [0.5, 0.6) is 0 Å². The summed E-state index contributed by atoms with van der Waals surface area (Å²) in [5.41, 5.74) is 8.93. The summed E-state index contributed by atoms with van der Waals surface area (Å²) in [4.78, 5) is 10.7. The Hall–Kier alpha value is -1.26. The van der Waals surface area contributed by atoms with E-state index in [0.717, 1.165) is 24.2 Å². The van der Waals surface area contributed by atoms with Gasteiger partial charge in [-0.3, -0.25) is 10.4 Å². The summed E-state index contributed by atoms with van der Waals surface area (Å²) in [7, 11) is 1.92. The van der Waals surface area contributed by atoms with Crippen LogP contribution in [-0.4, -0.2) is 53.2 Å². The molecule has 0 radical (unpaired) electrons. The molecule has 2 aromatic heterocycles. The molecule has 2 saturated heterocycles. The molecule has 4 heterocycles. The fourth-order valence-electron chi connectivity index (χ4n) is 5.69. The predicted octanol–water partition coefficient (Wildman–Crippen LogP) is 4.71. The van der Waals surface area contributed by atoms with Crippen molar-refractivity contribution in [2.75, 3.05) is 25.0 Å². The van der Waals surface area contributed by atoms with Crippen molar-refractivity contribution in [3.63, 3.8) is 0 Å². The lowest BCUT2D eigenvalue weighted by molar-refractivity contribution is -0.0343. The lowest BCUT2D eigenvalue weighted by Crippen LogP contribution is -2.67. The number of anilines is 1. The van der Waals surface area contributed by atoms with E-state index in [9.17, 15) is 0 Å². The second-order valence-electron chi connectivity index (χ2n) is 10.5. The first-order valence-corrected chi connectivity index (χ1v) is 13.5. The molecule has 2 aromatic rings. The van der Waals surface area contributed by atoms with Crippen molar-refractivity contribution in [3.05, 3.63) is 51.1 Å². The molecule has 0 spiro atoms. The molecule has 3 N–H and O–H groups in total. The third-order valence-electron chi connectivity index (χ3n) is 7.91. The maximum Gasteiger partial charge on any atom is 0.165 e. The Kier molecular flexibility index (Phi) is 7.42. The Morgan fingerprint density at radius 2 is 1.97 bits per heavy atom. The zero-order chi connectivity index (χ0) is 25.8. The average Bonchev–Trinajstić information content (AvgIpc) is 3.22. The second kappa shape index (κ2) is 10.1. The molecule has 0 amide bonds. The molecule has 7 nitrogen and oxygen atoms in total. The van der Waals surface area contributed by atoms with Gasteiger partial charge in [-0.25, -0.2) is 14.8 Å². The average molecular weight is 558 g/mol. The largest absolute Gasteiger partial charge is 0.369 e. The van der Waals surface area contributed by atoms with Crippen LogP contribution in [0.2, 0.25) is 10.0 Å². The Morgan fingerprint density at radius 1 is 1.22 bits per heavy atom. The molecular weight excluding hydrogens is 526 g/mol. The summed E-state index contributed by atoms with van der Waals surface area (Å²) >= 11 is 19.7. The van der Waals surface area contributed by atoms with E-state index in [1.54, 1.807) is 18.5 Å². The number of pyridine rings is 2. The molecule has 36 heavy (non-hydrogen) atoms. The summed E-state index contributed by atoms with van der Waals surface area (Å²) in [6.07, 6.45) is 4.22. The van der Waals surface area contributed by atoms with E-state index in [4.69, 9.17) is 39.5 Å². The van der Waals surface area contributed by atoms with Crippen LogP contribution < -0.4 is 21.1 Å². The number of nitrogens with one attached hydrogen (secondary N) is 3. The van der Waals surface area contributed by atoms with Gasteiger partial charge in [0, 0.05) is 37.1 Å². The van der Waals surface area contributed by atoms with Crippen molar-refractivity contribution < 1.29 is 9.13 Å². The Labute approximate surface area is 226 Å². The maximum absolute atomic E-state index is 15.1. The Balaban J connectivity index is 1.30. The third-order valence-corrected chi connectivity index (χ3v) is 9.15. The van der Waals surface area contributed by atoms with Crippen LogP contribution in [0.25, 0.3) is 0 Å². The fraction of sp³-hybridized carbons (Fsp3) is 0.600. The van der Waals surface area contributed by atoms with Gasteiger partial charge in [-0.15, -0.1) is 11.6 Å². The molecule has 11 heteroatoms. The molecule has 6 atom stereocenters. The van der Waals surface area contributed by atoms with Crippen molar-refractivity contribution >= 4 is 40.6 Å². The number of hydrogen-bond acceptors (Lipinski definition) is 7. The van der Waals surface area contributed by atoms with Gasteiger partial charge in [0.1, 0.15) is 0 Å². The topological polar surface area (TPSA) is 74.3 Å². The standard InChI is InChI=1S/C25H32Cl3FN6O/c1-12-22(28)21(17(27)9-31-12)13(2)36-20-6-15-19(7-16(20)26)33-34-23(15)14-5-18(29)24(32-8-14)35-10-25(3,11-35)30-4/h5,8-9,13,15-16,19-20,23,30,33-34H,6-7,10-11H2,1-4H3/t13-,15?,16?,19?,20?,23?/m1/s1. The van der Waals surface area contributed by atoms with Gasteiger partial charge < -0.3 is 15.0 Å². The van der Waals surface area contributed by atoms with Gasteiger partial charge in [0.05, 0.1) is 44.9 Å². The fourth-order valence-corrected chi connectivity index (χ4v) is 6.70. The van der Waals surface area contributed by atoms with Crippen LogP contribution in [0.1, 0.15) is 55.7 Å². The molecule has 0 bridgehead atoms. The number of nitrogens with zero attached hydrogens (tertiary/aromatic N) is 3. The number of halogens is 4. The van der Waals surface area contributed by atoms with E-state index in [2.05, 4.69) is 33.1 Å². The van der Waals surface area contributed by atoms with E-state index < -0.39 is 0 Å². The maximum atomic E-state index is 15.1. The smallest absolute Gasteiger partial charge is 0.165 e. The van der Waals surface area contributed by atoms with Gasteiger partial charge in [-0.2, -0.15) is 0 Å². The number of alkyl halides is 1. The second-order valence-corrected chi connectivity index (χ2v) is 11.8. The molecule has 0 aromatic carbocycles. The van der Waals surface area contributed by atoms with Crippen molar-refractivity contribution in [1.82, 2.24) is 26.1 Å². The highest BCUT2D eigenvalue weighted by atomic mass is 35.5. The number of likely N-dealkylation sites (N-methyl/N-ethyl adjacent to an activating group) is 1. The molecule has 5 rings (SSSR count). The highest BCUT2D eigenvalue weighted by Gasteiger charge is 2.46. The summed E-state index contributed by atoms with van der Waals surface area (Å²) in [5, 5.41) is 4.07. The zero-order valence-electron chi connectivity index (χ0n) is 20.8. The molecule has 1 saturated carbocycles. The molecule has 3 aliphatic rings. The normalized spacial score (nSPS) is 30.1. The lowest BCUT2D eigenvalue weighted by atomic mass is 9.78. The SMILES string of the molecule is CNC1(C)CN(c2ncc(C3NNC4CC(Cl)C(O[C@H](C)c5c(Cl)cnc(C)c5Cl)CC43)cc2F)C1.